The van der Waals surface area contributed by atoms with Crippen LogP contribution in [0.5, 0.6) is 0 Å². The molecule has 1 saturated carbocycles. The zero-order valence-corrected chi connectivity index (χ0v) is 13.3. The Hall–Kier alpha value is -0.810. The fraction of sp³-hybridized carbons (Fsp3) is 0.750. The Morgan fingerprint density at radius 3 is 2.62 bits per heavy atom. The van der Waals surface area contributed by atoms with Crippen molar-refractivity contribution in [2.45, 2.75) is 50.0 Å². The summed E-state index contributed by atoms with van der Waals surface area (Å²) in [6, 6.07) is 0.815. The van der Waals surface area contributed by atoms with Gasteiger partial charge in [0.15, 0.2) is 5.82 Å². The van der Waals surface area contributed by atoms with E-state index in [1.807, 2.05) is 0 Å². The van der Waals surface area contributed by atoms with Crippen molar-refractivity contribution in [2.24, 2.45) is 0 Å². The topological polar surface area (TPSA) is 42.2 Å². The van der Waals surface area contributed by atoms with Gasteiger partial charge in [0.2, 0.25) is 5.89 Å². The molecule has 114 valence electrons. The van der Waals surface area contributed by atoms with E-state index in [0.29, 0.717) is 11.8 Å². The second-order valence-electron chi connectivity index (χ2n) is 6.67. The van der Waals surface area contributed by atoms with Crippen LogP contribution in [0.25, 0.3) is 0 Å². The minimum Gasteiger partial charge on any atom is -0.339 e. The van der Waals surface area contributed by atoms with Crippen molar-refractivity contribution in [1.82, 2.24) is 15.0 Å². The summed E-state index contributed by atoms with van der Waals surface area (Å²) >= 11 is 2.10. The number of thioether (sulfide) groups is 1. The molecule has 5 heteroatoms. The van der Waals surface area contributed by atoms with Crippen molar-refractivity contribution in [1.29, 1.82) is 0 Å². The highest BCUT2D eigenvalue weighted by Gasteiger charge is 2.32. The van der Waals surface area contributed by atoms with Gasteiger partial charge >= 0.3 is 0 Å². The zero-order chi connectivity index (χ0) is 14.2. The van der Waals surface area contributed by atoms with Gasteiger partial charge in [0, 0.05) is 23.6 Å². The average Bonchev–Trinajstić information content (AvgIpc) is 3.16. The van der Waals surface area contributed by atoms with Crippen LogP contribution in [0.3, 0.4) is 0 Å². The fourth-order valence-corrected chi connectivity index (χ4v) is 4.98. The van der Waals surface area contributed by atoms with E-state index in [1.54, 1.807) is 0 Å². The SMILES string of the molecule is C=C1CC(c2noc(C3CCN(C4CCSC4)CC3)n2)C1. The summed E-state index contributed by atoms with van der Waals surface area (Å²) < 4.78 is 5.54. The second-order valence-corrected chi connectivity index (χ2v) is 7.82. The minimum absolute atomic E-state index is 0.464. The van der Waals surface area contributed by atoms with E-state index >= 15 is 0 Å². The monoisotopic (exact) mass is 305 g/mol. The molecular weight excluding hydrogens is 282 g/mol. The van der Waals surface area contributed by atoms with E-state index in [9.17, 15) is 0 Å². The summed E-state index contributed by atoms with van der Waals surface area (Å²) in [4.78, 5) is 7.34. The molecule has 21 heavy (non-hydrogen) atoms. The lowest BCUT2D eigenvalue weighted by Crippen LogP contribution is -2.41. The maximum atomic E-state index is 5.54. The van der Waals surface area contributed by atoms with Crippen LogP contribution in [-0.4, -0.2) is 45.7 Å². The molecule has 0 amide bonds. The predicted molar refractivity (Wildman–Crippen MR) is 84.7 cm³/mol. The maximum Gasteiger partial charge on any atom is 0.229 e. The number of allylic oxidation sites excluding steroid dienone is 1. The number of piperidine rings is 1. The zero-order valence-electron chi connectivity index (χ0n) is 12.5. The van der Waals surface area contributed by atoms with Gasteiger partial charge in [-0.25, -0.2) is 0 Å². The molecule has 3 fully saturated rings. The number of rotatable bonds is 3. The highest BCUT2D eigenvalue weighted by molar-refractivity contribution is 7.99. The highest BCUT2D eigenvalue weighted by atomic mass is 32.2. The number of nitrogens with zero attached hydrogens (tertiary/aromatic N) is 3. The molecule has 3 heterocycles. The molecule has 1 aromatic rings. The standard InChI is InChI=1S/C16H23N3OS/c1-11-8-13(9-11)15-17-16(20-18-15)12-2-5-19(6-3-12)14-4-7-21-10-14/h12-14H,1-10H2. The molecule has 1 aliphatic carbocycles. The third-order valence-corrected chi connectivity index (χ3v) is 6.34. The predicted octanol–water partition coefficient (Wildman–Crippen LogP) is 3.19. The van der Waals surface area contributed by atoms with Crippen LogP contribution in [0.2, 0.25) is 0 Å². The third kappa shape index (κ3) is 2.78. The first kappa shape index (κ1) is 13.8. The van der Waals surface area contributed by atoms with Crippen LogP contribution in [0.1, 0.15) is 55.7 Å². The molecule has 4 rings (SSSR count). The average molecular weight is 305 g/mol. The Morgan fingerprint density at radius 2 is 1.95 bits per heavy atom. The molecule has 0 N–H and O–H groups in total. The molecular formula is C16H23N3OS. The summed E-state index contributed by atoms with van der Waals surface area (Å²) in [6.45, 7) is 6.36. The first-order valence-electron chi connectivity index (χ1n) is 8.11. The quantitative estimate of drug-likeness (QED) is 0.802. The van der Waals surface area contributed by atoms with Crippen molar-refractivity contribution in [2.75, 3.05) is 24.6 Å². The van der Waals surface area contributed by atoms with E-state index in [4.69, 9.17) is 4.52 Å². The van der Waals surface area contributed by atoms with Crippen LogP contribution in [-0.2, 0) is 0 Å². The highest BCUT2D eigenvalue weighted by Crippen LogP contribution is 2.39. The van der Waals surface area contributed by atoms with Gasteiger partial charge in [-0.15, -0.1) is 0 Å². The van der Waals surface area contributed by atoms with Crippen molar-refractivity contribution in [3.05, 3.63) is 23.9 Å². The fourth-order valence-electron chi connectivity index (χ4n) is 3.72. The van der Waals surface area contributed by atoms with Gasteiger partial charge in [-0.3, -0.25) is 4.90 Å². The van der Waals surface area contributed by atoms with Gasteiger partial charge < -0.3 is 4.52 Å². The molecule has 2 aliphatic heterocycles. The van der Waals surface area contributed by atoms with Crippen LogP contribution >= 0.6 is 11.8 Å². The summed E-state index contributed by atoms with van der Waals surface area (Å²) in [5.74, 6) is 5.38. The van der Waals surface area contributed by atoms with Crippen LogP contribution in [0, 0.1) is 0 Å². The molecule has 2 saturated heterocycles. The lowest BCUT2D eigenvalue weighted by Gasteiger charge is -2.34. The van der Waals surface area contributed by atoms with Crippen molar-refractivity contribution < 1.29 is 4.52 Å². The maximum absolute atomic E-state index is 5.54. The van der Waals surface area contributed by atoms with E-state index in [-0.39, 0.29) is 0 Å². The van der Waals surface area contributed by atoms with Crippen molar-refractivity contribution >= 4 is 11.8 Å². The normalized spacial score (nSPS) is 29.0. The Kier molecular flexibility index (Phi) is 3.79. The third-order valence-electron chi connectivity index (χ3n) is 5.19. The first-order valence-corrected chi connectivity index (χ1v) is 9.27. The molecule has 3 aliphatic rings. The van der Waals surface area contributed by atoms with Gasteiger partial charge in [0.1, 0.15) is 0 Å². The molecule has 4 nitrogen and oxygen atoms in total. The van der Waals surface area contributed by atoms with Gasteiger partial charge in [0.25, 0.3) is 0 Å². The van der Waals surface area contributed by atoms with Crippen LogP contribution < -0.4 is 0 Å². The van der Waals surface area contributed by atoms with Gasteiger partial charge in [-0.05, 0) is 50.9 Å². The lowest BCUT2D eigenvalue weighted by atomic mass is 9.81. The Labute approximate surface area is 130 Å². The Morgan fingerprint density at radius 1 is 1.14 bits per heavy atom. The van der Waals surface area contributed by atoms with Gasteiger partial charge in [-0.1, -0.05) is 17.3 Å². The smallest absolute Gasteiger partial charge is 0.229 e. The Bertz CT molecular complexity index is 507. The van der Waals surface area contributed by atoms with Gasteiger partial charge in [-0.2, -0.15) is 16.7 Å². The largest absolute Gasteiger partial charge is 0.339 e. The van der Waals surface area contributed by atoms with E-state index in [2.05, 4.69) is 33.4 Å². The van der Waals surface area contributed by atoms with E-state index in [0.717, 1.165) is 30.6 Å². The van der Waals surface area contributed by atoms with Crippen LogP contribution in [0.4, 0.5) is 0 Å². The van der Waals surface area contributed by atoms with Crippen LogP contribution in [0.15, 0.2) is 16.7 Å². The van der Waals surface area contributed by atoms with Gasteiger partial charge in [0.05, 0.1) is 0 Å². The first-order chi connectivity index (χ1) is 10.3. The summed E-state index contributed by atoms with van der Waals surface area (Å²) in [5, 5.41) is 4.20. The molecule has 0 radical (unpaired) electrons. The van der Waals surface area contributed by atoms with Crippen molar-refractivity contribution in [3.63, 3.8) is 0 Å². The number of hydrogen-bond donors (Lipinski definition) is 0. The second kappa shape index (κ2) is 5.76. The Balaban J connectivity index is 1.34. The lowest BCUT2D eigenvalue weighted by molar-refractivity contribution is 0.154. The van der Waals surface area contributed by atoms with E-state index in [1.165, 1.54) is 49.4 Å². The molecule has 0 aromatic carbocycles. The number of likely N-dealkylation sites (tertiary alicyclic amines) is 1. The molecule has 1 aromatic heterocycles. The summed E-state index contributed by atoms with van der Waals surface area (Å²) in [5.41, 5.74) is 1.31. The minimum atomic E-state index is 0.464. The summed E-state index contributed by atoms with van der Waals surface area (Å²) in [6.07, 6.45) is 5.78. The molecule has 1 atom stereocenters. The van der Waals surface area contributed by atoms with Crippen molar-refractivity contribution in [3.8, 4) is 0 Å². The summed E-state index contributed by atoms with van der Waals surface area (Å²) in [7, 11) is 0. The molecule has 0 bridgehead atoms. The molecule has 0 spiro atoms. The number of aromatic nitrogens is 2. The molecule has 1 unspecified atom stereocenters. The van der Waals surface area contributed by atoms with E-state index < -0.39 is 0 Å². The number of hydrogen-bond acceptors (Lipinski definition) is 5.